The third-order valence-electron chi connectivity index (χ3n) is 3.96. The Labute approximate surface area is 184 Å². The Morgan fingerprint density at radius 3 is 2.55 bits per heavy atom. The second-order valence-corrected chi connectivity index (χ2v) is 7.59. The molecular weight excluding hydrogens is 460 g/mol. The summed E-state index contributed by atoms with van der Waals surface area (Å²) >= 11 is 9.33. The Morgan fingerprint density at radius 2 is 1.79 bits per heavy atom. The van der Waals surface area contributed by atoms with E-state index in [0.29, 0.717) is 28.7 Å². The molecule has 0 atom stereocenters. The number of carbonyl (C=O) groups excluding carboxylic acids is 2. The van der Waals surface area contributed by atoms with Crippen LogP contribution in [0.5, 0.6) is 11.5 Å². The van der Waals surface area contributed by atoms with Crippen LogP contribution in [-0.2, 0) is 4.79 Å². The molecule has 0 aromatic heterocycles. The van der Waals surface area contributed by atoms with Gasteiger partial charge in [0.1, 0.15) is 11.5 Å². The lowest BCUT2D eigenvalue weighted by molar-refractivity contribution is -0.123. The average Bonchev–Trinajstić information content (AvgIpc) is 2.71. The number of rotatable bonds is 10. The molecule has 0 saturated carbocycles. The van der Waals surface area contributed by atoms with E-state index >= 15 is 0 Å². The molecule has 0 spiro atoms. The van der Waals surface area contributed by atoms with Crippen molar-refractivity contribution in [1.29, 1.82) is 0 Å². The van der Waals surface area contributed by atoms with Gasteiger partial charge in [0.2, 0.25) is 0 Å². The van der Waals surface area contributed by atoms with Crippen LogP contribution in [0.3, 0.4) is 0 Å². The van der Waals surface area contributed by atoms with Crippen LogP contribution in [-0.4, -0.2) is 25.0 Å². The maximum absolute atomic E-state index is 12.4. The number of hydrogen-bond donors (Lipinski definition) is 2. The van der Waals surface area contributed by atoms with E-state index in [4.69, 9.17) is 21.1 Å². The molecular formula is C21H24BrClN2O4. The number of ether oxygens (including phenoxy) is 2. The molecule has 2 N–H and O–H groups in total. The van der Waals surface area contributed by atoms with Gasteiger partial charge in [-0.3, -0.25) is 20.4 Å². The quantitative estimate of drug-likeness (QED) is 0.372. The van der Waals surface area contributed by atoms with Crippen LogP contribution in [0, 0.1) is 0 Å². The normalized spacial score (nSPS) is 10.3. The first-order valence-electron chi connectivity index (χ1n) is 9.40. The maximum Gasteiger partial charge on any atom is 0.276 e. The molecule has 29 heavy (non-hydrogen) atoms. The van der Waals surface area contributed by atoms with E-state index in [-0.39, 0.29) is 6.61 Å². The molecule has 156 valence electrons. The van der Waals surface area contributed by atoms with Crippen LogP contribution in [0.4, 0.5) is 0 Å². The van der Waals surface area contributed by atoms with E-state index in [1.165, 1.54) is 0 Å². The van der Waals surface area contributed by atoms with Gasteiger partial charge in [-0.1, -0.05) is 65.8 Å². The molecule has 0 aliphatic rings. The molecule has 0 aliphatic carbocycles. The number of carbonyl (C=O) groups is 2. The van der Waals surface area contributed by atoms with Crippen molar-refractivity contribution < 1.29 is 19.1 Å². The molecule has 0 aliphatic heterocycles. The van der Waals surface area contributed by atoms with Crippen LogP contribution >= 0.6 is 27.5 Å². The van der Waals surface area contributed by atoms with Crippen LogP contribution in [0.1, 0.15) is 43.0 Å². The first kappa shape index (κ1) is 23.0. The van der Waals surface area contributed by atoms with Crippen molar-refractivity contribution >= 4 is 39.3 Å². The SMILES string of the molecule is CCCCCCOc1ccccc1C(=O)NNC(=O)COc1ccc(Br)cc1Cl. The van der Waals surface area contributed by atoms with E-state index in [9.17, 15) is 9.59 Å². The summed E-state index contributed by atoms with van der Waals surface area (Å²) in [5.41, 5.74) is 5.04. The number of para-hydroxylation sites is 1. The monoisotopic (exact) mass is 482 g/mol. The Morgan fingerprint density at radius 1 is 1.00 bits per heavy atom. The minimum Gasteiger partial charge on any atom is -0.493 e. The van der Waals surface area contributed by atoms with Crippen molar-refractivity contribution in [2.75, 3.05) is 13.2 Å². The number of hydrogen-bond acceptors (Lipinski definition) is 4. The lowest BCUT2D eigenvalue weighted by Gasteiger charge is -2.13. The third-order valence-corrected chi connectivity index (χ3v) is 4.74. The maximum atomic E-state index is 12.4. The molecule has 0 radical (unpaired) electrons. The van der Waals surface area contributed by atoms with E-state index in [1.807, 2.05) is 0 Å². The molecule has 0 heterocycles. The lowest BCUT2D eigenvalue weighted by Crippen LogP contribution is -2.44. The van der Waals surface area contributed by atoms with Gasteiger partial charge in [0.15, 0.2) is 6.61 Å². The molecule has 6 nitrogen and oxygen atoms in total. The van der Waals surface area contributed by atoms with Crippen molar-refractivity contribution in [3.63, 3.8) is 0 Å². The van der Waals surface area contributed by atoms with Crippen molar-refractivity contribution in [2.24, 2.45) is 0 Å². The van der Waals surface area contributed by atoms with Crippen molar-refractivity contribution in [2.45, 2.75) is 32.6 Å². The predicted octanol–water partition coefficient (Wildman–Crippen LogP) is 4.90. The van der Waals surface area contributed by atoms with Gasteiger partial charge in [0.25, 0.3) is 11.8 Å². The van der Waals surface area contributed by atoms with Gasteiger partial charge < -0.3 is 9.47 Å². The van der Waals surface area contributed by atoms with Crippen molar-refractivity contribution in [3.05, 3.63) is 57.5 Å². The summed E-state index contributed by atoms with van der Waals surface area (Å²) in [5, 5.41) is 0.376. The molecule has 2 amide bonds. The Hall–Kier alpha value is -2.25. The summed E-state index contributed by atoms with van der Waals surface area (Å²) < 4.78 is 11.9. The summed E-state index contributed by atoms with van der Waals surface area (Å²) in [6, 6.07) is 12.0. The highest BCUT2D eigenvalue weighted by Gasteiger charge is 2.13. The topological polar surface area (TPSA) is 76.7 Å². The minimum atomic E-state index is -0.518. The minimum absolute atomic E-state index is 0.294. The second kappa shape index (κ2) is 12.3. The summed E-state index contributed by atoms with van der Waals surface area (Å²) in [5.74, 6) is -0.133. The number of amides is 2. The highest BCUT2D eigenvalue weighted by Crippen LogP contribution is 2.27. The van der Waals surface area contributed by atoms with Crippen molar-refractivity contribution in [3.8, 4) is 11.5 Å². The van der Waals surface area contributed by atoms with E-state index in [2.05, 4.69) is 33.7 Å². The average molecular weight is 484 g/mol. The second-order valence-electron chi connectivity index (χ2n) is 6.27. The first-order chi connectivity index (χ1) is 14.0. The largest absolute Gasteiger partial charge is 0.493 e. The number of nitrogens with one attached hydrogen (secondary N) is 2. The van der Waals surface area contributed by atoms with E-state index in [1.54, 1.807) is 42.5 Å². The smallest absolute Gasteiger partial charge is 0.276 e. The van der Waals surface area contributed by atoms with Gasteiger partial charge in [0.05, 0.1) is 17.2 Å². The van der Waals surface area contributed by atoms with Gasteiger partial charge in [0, 0.05) is 4.47 Å². The standard InChI is InChI=1S/C21H24BrClN2O4/c1-2-3-4-7-12-28-18-9-6-5-8-16(18)21(27)25-24-20(26)14-29-19-11-10-15(22)13-17(19)23/h5-6,8-11,13H,2-4,7,12,14H2,1H3,(H,24,26)(H,25,27). The fraction of sp³-hybridized carbons (Fsp3) is 0.333. The molecule has 0 saturated heterocycles. The van der Waals surface area contributed by atoms with E-state index < -0.39 is 11.8 Å². The highest BCUT2D eigenvalue weighted by atomic mass is 79.9. The predicted molar refractivity (Wildman–Crippen MR) is 116 cm³/mol. The molecule has 2 rings (SSSR count). The summed E-state index contributed by atoms with van der Waals surface area (Å²) in [6.45, 7) is 2.39. The van der Waals surface area contributed by atoms with Gasteiger partial charge in [-0.2, -0.15) is 0 Å². The Balaban J connectivity index is 1.81. The van der Waals surface area contributed by atoms with Crippen LogP contribution in [0.15, 0.2) is 46.9 Å². The molecule has 8 heteroatoms. The molecule has 2 aromatic rings. The van der Waals surface area contributed by atoms with Gasteiger partial charge >= 0.3 is 0 Å². The molecule has 2 aromatic carbocycles. The van der Waals surface area contributed by atoms with Crippen molar-refractivity contribution in [1.82, 2.24) is 10.9 Å². The Kier molecular flexibility index (Phi) is 9.80. The van der Waals surface area contributed by atoms with Gasteiger partial charge in [-0.15, -0.1) is 0 Å². The number of unbranched alkanes of at least 4 members (excludes halogenated alkanes) is 3. The highest BCUT2D eigenvalue weighted by molar-refractivity contribution is 9.10. The number of benzene rings is 2. The number of hydrazine groups is 1. The lowest BCUT2D eigenvalue weighted by atomic mass is 10.2. The Bertz CT molecular complexity index is 832. The van der Waals surface area contributed by atoms with Gasteiger partial charge in [-0.25, -0.2) is 0 Å². The fourth-order valence-corrected chi connectivity index (χ4v) is 3.18. The molecule has 0 fully saturated rings. The van der Waals surface area contributed by atoms with Crippen LogP contribution < -0.4 is 20.3 Å². The third kappa shape index (κ3) is 7.95. The molecule has 0 unspecified atom stereocenters. The zero-order valence-corrected chi connectivity index (χ0v) is 18.5. The summed E-state index contributed by atoms with van der Waals surface area (Å²) in [6.07, 6.45) is 4.32. The zero-order chi connectivity index (χ0) is 21.1. The van der Waals surface area contributed by atoms with E-state index in [0.717, 1.165) is 30.2 Å². The summed E-state index contributed by atoms with van der Waals surface area (Å²) in [4.78, 5) is 24.4. The van der Waals surface area contributed by atoms with Gasteiger partial charge in [-0.05, 0) is 36.8 Å². The molecule has 0 bridgehead atoms. The first-order valence-corrected chi connectivity index (χ1v) is 10.6. The zero-order valence-electron chi connectivity index (χ0n) is 16.2. The summed E-state index contributed by atoms with van der Waals surface area (Å²) in [7, 11) is 0. The van der Waals surface area contributed by atoms with Crippen LogP contribution in [0.25, 0.3) is 0 Å². The van der Waals surface area contributed by atoms with Crippen LogP contribution in [0.2, 0.25) is 5.02 Å². The number of halogens is 2. The fourth-order valence-electron chi connectivity index (χ4n) is 2.46.